The molecule has 4 rings (SSSR count). The molecule has 2 aromatic carbocycles. The summed E-state index contributed by atoms with van der Waals surface area (Å²) in [5, 5.41) is 3.09. The number of nitrogens with one attached hydrogen (secondary N) is 1. The van der Waals surface area contributed by atoms with Crippen LogP contribution in [0.5, 0.6) is 0 Å². The molecule has 2 heterocycles. The third-order valence-electron chi connectivity index (χ3n) is 4.83. The Kier molecular flexibility index (Phi) is 5.32. The molecular formula is C21H21F2N5. The molecule has 1 saturated heterocycles. The first kappa shape index (κ1) is 18.2. The first-order chi connectivity index (χ1) is 13.7. The minimum absolute atomic E-state index is 0.223. The monoisotopic (exact) mass is 381 g/mol. The molecule has 0 unspecified atom stereocenters. The van der Waals surface area contributed by atoms with Crippen molar-refractivity contribution in [2.75, 3.05) is 41.3 Å². The van der Waals surface area contributed by atoms with Crippen molar-refractivity contribution >= 4 is 17.5 Å². The molecule has 3 aromatic rings. The highest BCUT2D eigenvalue weighted by Crippen LogP contribution is 2.20. The topological polar surface area (TPSA) is 44.3 Å². The van der Waals surface area contributed by atoms with Gasteiger partial charge in [0.1, 0.15) is 17.5 Å². The van der Waals surface area contributed by atoms with E-state index in [2.05, 4.69) is 25.1 Å². The van der Waals surface area contributed by atoms with Gasteiger partial charge < -0.3 is 15.1 Å². The number of anilines is 3. The van der Waals surface area contributed by atoms with Crippen LogP contribution in [0.1, 0.15) is 5.56 Å². The summed E-state index contributed by atoms with van der Waals surface area (Å²) in [6, 6.07) is 15.1. The summed E-state index contributed by atoms with van der Waals surface area (Å²) >= 11 is 0. The van der Waals surface area contributed by atoms with Crippen molar-refractivity contribution in [3.05, 3.63) is 78.0 Å². The van der Waals surface area contributed by atoms with Crippen LogP contribution in [-0.4, -0.2) is 36.1 Å². The molecule has 5 nitrogen and oxygen atoms in total. The maximum atomic E-state index is 13.7. The van der Waals surface area contributed by atoms with Crippen LogP contribution in [0.4, 0.5) is 26.2 Å². The summed E-state index contributed by atoms with van der Waals surface area (Å²) in [6.45, 7) is 3.60. The second-order valence-electron chi connectivity index (χ2n) is 6.63. The molecule has 1 aliphatic rings. The van der Waals surface area contributed by atoms with Crippen molar-refractivity contribution in [2.24, 2.45) is 0 Å². The maximum absolute atomic E-state index is 13.7. The Morgan fingerprint density at radius 2 is 1.57 bits per heavy atom. The summed E-state index contributed by atoms with van der Waals surface area (Å²) in [6.07, 6.45) is 1.71. The Labute approximate surface area is 162 Å². The Balaban J connectivity index is 1.37. The number of halogens is 2. The van der Waals surface area contributed by atoms with Gasteiger partial charge in [-0.3, -0.25) is 0 Å². The Bertz CT molecular complexity index is 924. The molecule has 1 fully saturated rings. The normalized spacial score (nSPS) is 14.2. The molecule has 7 heteroatoms. The average molecular weight is 381 g/mol. The highest BCUT2D eigenvalue weighted by Gasteiger charge is 2.19. The predicted octanol–water partition coefficient (Wildman–Crippen LogP) is 3.69. The molecule has 0 spiro atoms. The molecule has 0 bridgehead atoms. The lowest BCUT2D eigenvalue weighted by molar-refractivity contribution is 0.612. The van der Waals surface area contributed by atoms with Gasteiger partial charge in [0.05, 0.1) is 0 Å². The number of hydrogen-bond acceptors (Lipinski definition) is 5. The van der Waals surface area contributed by atoms with E-state index in [1.165, 1.54) is 18.2 Å². The number of nitrogens with zero attached hydrogens (tertiary/aromatic N) is 4. The van der Waals surface area contributed by atoms with Crippen molar-refractivity contribution in [3.63, 3.8) is 0 Å². The molecule has 28 heavy (non-hydrogen) atoms. The molecule has 0 aliphatic carbocycles. The molecule has 1 aliphatic heterocycles. The second-order valence-corrected chi connectivity index (χ2v) is 6.63. The van der Waals surface area contributed by atoms with Gasteiger partial charge in [-0.2, -0.15) is 4.98 Å². The van der Waals surface area contributed by atoms with Crippen molar-refractivity contribution in [1.82, 2.24) is 9.97 Å². The van der Waals surface area contributed by atoms with Crippen LogP contribution in [-0.2, 0) is 6.54 Å². The third kappa shape index (κ3) is 4.19. The van der Waals surface area contributed by atoms with Gasteiger partial charge in [-0.25, -0.2) is 13.8 Å². The zero-order valence-electron chi connectivity index (χ0n) is 15.4. The molecular weight excluding hydrogens is 360 g/mol. The molecule has 0 amide bonds. The minimum Gasteiger partial charge on any atom is -0.368 e. The number of rotatable bonds is 5. The van der Waals surface area contributed by atoms with Gasteiger partial charge in [0.2, 0.25) is 5.95 Å². The van der Waals surface area contributed by atoms with Crippen molar-refractivity contribution in [2.45, 2.75) is 6.54 Å². The van der Waals surface area contributed by atoms with Crippen LogP contribution >= 0.6 is 0 Å². The summed E-state index contributed by atoms with van der Waals surface area (Å²) in [7, 11) is 0. The van der Waals surface area contributed by atoms with E-state index in [1.54, 1.807) is 36.5 Å². The van der Waals surface area contributed by atoms with Crippen molar-refractivity contribution < 1.29 is 8.78 Å². The van der Waals surface area contributed by atoms with E-state index in [0.29, 0.717) is 18.1 Å². The summed E-state index contributed by atoms with van der Waals surface area (Å²) in [4.78, 5) is 13.2. The maximum Gasteiger partial charge on any atom is 0.224 e. The fourth-order valence-corrected chi connectivity index (χ4v) is 3.27. The summed E-state index contributed by atoms with van der Waals surface area (Å²) in [5.74, 6) is 0.841. The largest absolute Gasteiger partial charge is 0.368 e. The summed E-state index contributed by atoms with van der Waals surface area (Å²) < 4.78 is 26.8. The first-order valence-corrected chi connectivity index (χ1v) is 9.25. The van der Waals surface area contributed by atoms with E-state index < -0.39 is 0 Å². The lowest BCUT2D eigenvalue weighted by atomic mass is 10.2. The number of aromatic nitrogens is 2. The molecule has 0 saturated carbocycles. The van der Waals surface area contributed by atoms with Gasteiger partial charge in [-0.15, -0.1) is 0 Å². The van der Waals surface area contributed by atoms with Crippen molar-refractivity contribution in [1.29, 1.82) is 0 Å². The van der Waals surface area contributed by atoms with Gasteiger partial charge in [-0.05, 0) is 36.4 Å². The van der Waals surface area contributed by atoms with E-state index in [1.807, 2.05) is 6.07 Å². The van der Waals surface area contributed by atoms with Gasteiger partial charge >= 0.3 is 0 Å². The molecule has 0 radical (unpaired) electrons. The highest BCUT2D eigenvalue weighted by molar-refractivity contribution is 5.50. The fourth-order valence-electron chi connectivity index (χ4n) is 3.27. The molecule has 1 aromatic heterocycles. The second kappa shape index (κ2) is 8.21. The Hall–Kier alpha value is -3.22. The van der Waals surface area contributed by atoms with Gasteiger partial charge in [-0.1, -0.05) is 18.2 Å². The SMILES string of the molecule is Fc1ccc(N2CCN(c3ccnc(NCc4ccccc4F)n3)CC2)cc1. The van der Waals surface area contributed by atoms with Crippen LogP contribution in [0, 0.1) is 11.6 Å². The van der Waals surface area contributed by atoms with Crippen LogP contribution in [0.25, 0.3) is 0 Å². The van der Waals surface area contributed by atoms with Gasteiger partial charge in [0.15, 0.2) is 0 Å². The Morgan fingerprint density at radius 3 is 2.32 bits per heavy atom. The zero-order chi connectivity index (χ0) is 19.3. The smallest absolute Gasteiger partial charge is 0.224 e. The summed E-state index contributed by atoms with van der Waals surface area (Å²) in [5.41, 5.74) is 1.60. The Morgan fingerprint density at radius 1 is 0.857 bits per heavy atom. The third-order valence-corrected chi connectivity index (χ3v) is 4.83. The zero-order valence-corrected chi connectivity index (χ0v) is 15.4. The number of benzene rings is 2. The molecule has 1 N–H and O–H groups in total. The van der Waals surface area contributed by atoms with Crippen LogP contribution < -0.4 is 15.1 Å². The minimum atomic E-state index is -0.247. The predicted molar refractivity (Wildman–Crippen MR) is 107 cm³/mol. The number of hydrogen-bond donors (Lipinski definition) is 1. The fraction of sp³-hybridized carbons (Fsp3) is 0.238. The van der Waals surface area contributed by atoms with Crippen LogP contribution in [0.15, 0.2) is 60.8 Å². The lowest BCUT2D eigenvalue weighted by Gasteiger charge is -2.36. The van der Waals surface area contributed by atoms with E-state index in [9.17, 15) is 8.78 Å². The van der Waals surface area contributed by atoms with Gasteiger partial charge in [0.25, 0.3) is 0 Å². The van der Waals surface area contributed by atoms with E-state index >= 15 is 0 Å². The van der Waals surface area contributed by atoms with Crippen LogP contribution in [0.2, 0.25) is 0 Å². The number of piperazine rings is 1. The van der Waals surface area contributed by atoms with E-state index in [0.717, 1.165) is 37.7 Å². The van der Waals surface area contributed by atoms with E-state index in [-0.39, 0.29) is 11.6 Å². The van der Waals surface area contributed by atoms with Gasteiger partial charge in [0, 0.05) is 50.2 Å². The van der Waals surface area contributed by atoms with Crippen LogP contribution in [0.3, 0.4) is 0 Å². The lowest BCUT2D eigenvalue weighted by Crippen LogP contribution is -2.46. The average Bonchev–Trinajstić information content (AvgIpc) is 2.74. The van der Waals surface area contributed by atoms with Crippen molar-refractivity contribution in [3.8, 4) is 0 Å². The molecule has 144 valence electrons. The quantitative estimate of drug-likeness (QED) is 0.730. The first-order valence-electron chi connectivity index (χ1n) is 9.25. The standard InChI is InChI=1S/C21H21F2N5/c22-17-5-7-18(8-6-17)27-11-13-28(14-12-27)20-9-10-24-21(26-20)25-15-16-3-1-2-4-19(16)23/h1-10H,11-15H2,(H,24,25,26). The highest BCUT2D eigenvalue weighted by atomic mass is 19.1. The van der Waals surface area contributed by atoms with E-state index in [4.69, 9.17) is 0 Å². The molecule has 0 atom stereocenters.